The number of sulfone groups is 2. The van der Waals surface area contributed by atoms with Crippen LogP contribution in [0.5, 0.6) is 5.75 Å². The highest BCUT2D eigenvalue weighted by Gasteiger charge is 2.27. The van der Waals surface area contributed by atoms with Crippen molar-refractivity contribution in [3.63, 3.8) is 0 Å². The Balaban J connectivity index is 1.99. The van der Waals surface area contributed by atoms with E-state index >= 15 is 0 Å². The fraction of sp³-hybridized carbons (Fsp3) is 0.250. The van der Waals surface area contributed by atoms with Crippen molar-refractivity contribution in [3.8, 4) is 5.75 Å². The molecule has 0 saturated heterocycles. The van der Waals surface area contributed by atoms with Crippen LogP contribution in [0.25, 0.3) is 0 Å². The van der Waals surface area contributed by atoms with Crippen molar-refractivity contribution in [2.24, 2.45) is 0 Å². The molecular weight excluding hydrogens is 448 g/mol. The molecule has 32 heavy (non-hydrogen) atoms. The summed E-state index contributed by atoms with van der Waals surface area (Å²) in [5.74, 6) is -0.0589. The number of hydrogen-bond acceptors (Lipinski definition) is 6. The van der Waals surface area contributed by atoms with Gasteiger partial charge in [-0.1, -0.05) is 62.6 Å². The summed E-state index contributed by atoms with van der Waals surface area (Å²) in [5, 5.41) is 0. The number of benzene rings is 3. The van der Waals surface area contributed by atoms with E-state index in [2.05, 4.69) is 6.92 Å². The summed E-state index contributed by atoms with van der Waals surface area (Å²) in [5.41, 5.74) is 0. The molecule has 0 aliphatic rings. The van der Waals surface area contributed by atoms with E-state index < -0.39 is 19.7 Å². The second-order valence-electron chi connectivity index (χ2n) is 7.21. The molecule has 0 heterocycles. The first-order valence-corrected chi connectivity index (χ1v) is 13.4. The first-order valence-electron chi connectivity index (χ1n) is 10.4. The topological polar surface area (TPSA) is 86.7 Å². The third-order valence-electron chi connectivity index (χ3n) is 4.85. The van der Waals surface area contributed by atoms with Gasteiger partial charge in [-0.05, 0) is 48.9 Å². The van der Waals surface area contributed by atoms with E-state index in [1.165, 1.54) is 36.4 Å². The van der Waals surface area contributed by atoms with E-state index in [4.69, 9.17) is 9.78 Å². The summed E-state index contributed by atoms with van der Waals surface area (Å²) in [6.45, 7) is 2.40. The third-order valence-corrected chi connectivity index (χ3v) is 8.41. The summed E-state index contributed by atoms with van der Waals surface area (Å²) >= 11 is 0. The molecule has 0 N–H and O–H groups in total. The van der Waals surface area contributed by atoms with Crippen LogP contribution in [-0.4, -0.2) is 23.4 Å². The number of rotatable bonds is 11. The van der Waals surface area contributed by atoms with E-state index in [9.17, 15) is 16.8 Å². The van der Waals surface area contributed by atoms with E-state index in [0.717, 1.165) is 31.7 Å². The first-order chi connectivity index (χ1) is 15.4. The summed E-state index contributed by atoms with van der Waals surface area (Å²) in [6.07, 6.45) is 3.90. The van der Waals surface area contributed by atoms with Crippen LogP contribution in [0.15, 0.2) is 98.4 Å². The van der Waals surface area contributed by atoms with Gasteiger partial charge >= 0.3 is 0 Å². The van der Waals surface area contributed by atoms with Gasteiger partial charge < -0.3 is 4.89 Å². The Morgan fingerprint density at radius 1 is 0.656 bits per heavy atom. The molecule has 0 aliphatic heterocycles. The van der Waals surface area contributed by atoms with Crippen LogP contribution in [0.4, 0.5) is 0 Å². The van der Waals surface area contributed by atoms with Crippen LogP contribution in [0.2, 0.25) is 0 Å². The molecule has 0 unspecified atom stereocenters. The van der Waals surface area contributed by atoms with Gasteiger partial charge in [-0.25, -0.2) is 16.8 Å². The summed E-state index contributed by atoms with van der Waals surface area (Å²) in [6, 6.07) is 19.4. The van der Waals surface area contributed by atoms with Crippen molar-refractivity contribution in [1.29, 1.82) is 0 Å². The van der Waals surface area contributed by atoms with Crippen LogP contribution in [0, 0.1) is 0 Å². The molecule has 6 nitrogen and oxygen atoms in total. The largest absolute Gasteiger partial charge is 0.336 e. The Morgan fingerprint density at radius 2 is 1.25 bits per heavy atom. The highest BCUT2D eigenvalue weighted by atomic mass is 32.2. The lowest BCUT2D eigenvalue weighted by Crippen LogP contribution is -2.09. The monoisotopic (exact) mass is 474 g/mol. The molecule has 0 aliphatic carbocycles. The van der Waals surface area contributed by atoms with Crippen molar-refractivity contribution in [2.75, 3.05) is 6.61 Å². The zero-order valence-electron chi connectivity index (χ0n) is 17.8. The van der Waals surface area contributed by atoms with Gasteiger partial charge in [0, 0.05) is 0 Å². The van der Waals surface area contributed by atoms with E-state index in [0.29, 0.717) is 6.61 Å². The van der Waals surface area contributed by atoms with Gasteiger partial charge in [0.2, 0.25) is 19.7 Å². The lowest BCUT2D eigenvalue weighted by molar-refractivity contribution is -0.209. The lowest BCUT2D eigenvalue weighted by atomic mass is 10.2. The summed E-state index contributed by atoms with van der Waals surface area (Å²) in [7, 11) is -7.97. The predicted octanol–water partition coefficient (Wildman–Crippen LogP) is 5.24. The summed E-state index contributed by atoms with van der Waals surface area (Å²) in [4.78, 5) is 10.2. The van der Waals surface area contributed by atoms with Crippen molar-refractivity contribution in [1.82, 2.24) is 0 Å². The maximum absolute atomic E-state index is 13.3. The SMILES string of the molecule is CCCCCCOOc1ccc(S(=O)(=O)c2ccccc2)cc1S(=O)(=O)c1ccccc1. The lowest BCUT2D eigenvalue weighted by Gasteiger charge is -2.13. The molecule has 170 valence electrons. The second kappa shape index (κ2) is 10.8. The molecule has 0 aromatic heterocycles. The van der Waals surface area contributed by atoms with Gasteiger partial charge in [-0.2, -0.15) is 4.89 Å². The van der Waals surface area contributed by atoms with Crippen LogP contribution in [0.1, 0.15) is 32.6 Å². The van der Waals surface area contributed by atoms with Crippen molar-refractivity contribution in [3.05, 3.63) is 78.9 Å². The van der Waals surface area contributed by atoms with E-state index in [-0.39, 0.29) is 25.3 Å². The van der Waals surface area contributed by atoms with E-state index in [1.807, 2.05) is 0 Å². The average Bonchev–Trinajstić information content (AvgIpc) is 2.82. The molecule has 3 aromatic carbocycles. The molecule has 8 heteroatoms. The first kappa shape index (κ1) is 24.0. The molecule has 3 rings (SSSR count). The highest BCUT2D eigenvalue weighted by Crippen LogP contribution is 2.33. The minimum atomic E-state index is -4.06. The minimum Gasteiger partial charge on any atom is -0.336 e. The molecule has 3 aromatic rings. The smallest absolute Gasteiger partial charge is 0.210 e. The zero-order valence-corrected chi connectivity index (χ0v) is 19.4. The van der Waals surface area contributed by atoms with Gasteiger partial charge in [0.05, 0.1) is 21.3 Å². The quantitative estimate of drug-likeness (QED) is 0.214. The maximum Gasteiger partial charge on any atom is 0.210 e. The molecule has 0 amide bonds. The van der Waals surface area contributed by atoms with Gasteiger partial charge in [0.15, 0.2) is 5.75 Å². The summed E-state index contributed by atoms with van der Waals surface area (Å²) < 4.78 is 52.7. The van der Waals surface area contributed by atoms with Gasteiger partial charge in [0.25, 0.3) is 0 Å². The predicted molar refractivity (Wildman–Crippen MR) is 121 cm³/mol. The Hall–Kier alpha value is -2.68. The van der Waals surface area contributed by atoms with Crippen molar-refractivity contribution >= 4 is 19.7 Å². The minimum absolute atomic E-state index is 0.0297. The fourth-order valence-electron chi connectivity index (χ4n) is 3.09. The Kier molecular flexibility index (Phi) is 8.06. The molecule has 0 spiro atoms. The van der Waals surface area contributed by atoms with Gasteiger partial charge in [0.1, 0.15) is 4.90 Å². The van der Waals surface area contributed by atoms with Gasteiger partial charge in [-0.15, -0.1) is 0 Å². The standard InChI is InChI=1S/C24H26O6S2/c1-2-3-4-11-18-29-30-23-17-16-22(31(25,26)20-12-7-5-8-13-20)19-24(23)32(27,28)21-14-9-6-10-15-21/h5-10,12-17,19H,2-4,11,18H2,1H3. The van der Waals surface area contributed by atoms with Crippen LogP contribution in [0.3, 0.4) is 0 Å². The number of unbranched alkanes of at least 4 members (excludes halogenated alkanes) is 3. The molecule has 0 radical (unpaired) electrons. The average molecular weight is 475 g/mol. The molecular formula is C24H26O6S2. The Bertz CT molecular complexity index is 1220. The molecule has 0 bridgehead atoms. The molecule has 0 saturated carbocycles. The highest BCUT2D eigenvalue weighted by molar-refractivity contribution is 7.92. The van der Waals surface area contributed by atoms with Crippen LogP contribution < -0.4 is 4.89 Å². The second-order valence-corrected chi connectivity index (χ2v) is 11.1. The van der Waals surface area contributed by atoms with Crippen molar-refractivity contribution < 1.29 is 26.6 Å². The van der Waals surface area contributed by atoms with Crippen LogP contribution >= 0.6 is 0 Å². The fourth-order valence-corrected chi connectivity index (χ4v) is 5.89. The van der Waals surface area contributed by atoms with E-state index in [1.54, 1.807) is 36.4 Å². The molecule has 0 fully saturated rings. The maximum atomic E-state index is 13.3. The Labute approximate surface area is 189 Å². The molecule has 0 atom stereocenters. The zero-order chi connectivity index (χ0) is 23.0. The van der Waals surface area contributed by atoms with Crippen LogP contribution in [-0.2, 0) is 24.6 Å². The van der Waals surface area contributed by atoms with Crippen molar-refractivity contribution in [2.45, 2.75) is 52.2 Å². The Morgan fingerprint density at radius 3 is 1.84 bits per heavy atom. The number of hydrogen-bond donors (Lipinski definition) is 0. The normalized spacial score (nSPS) is 11.9. The van der Waals surface area contributed by atoms with Gasteiger partial charge in [-0.3, -0.25) is 0 Å². The third kappa shape index (κ3) is 5.56.